The van der Waals surface area contributed by atoms with Crippen molar-refractivity contribution in [2.75, 3.05) is 36.5 Å². The molecule has 0 unspecified atom stereocenters. The molecule has 0 radical (unpaired) electrons. The quantitative estimate of drug-likeness (QED) is 0.663. The van der Waals surface area contributed by atoms with Crippen molar-refractivity contribution >= 4 is 22.7 Å². The molecule has 9 heteroatoms. The van der Waals surface area contributed by atoms with E-state index in [1.165, 1.54) is 12.1 Å². The van der Waals surface area contributed by atoms with Crippen LogP contribution in [0.4, 0.5) is 24.8 Å². The number of pyridine rings is 1. The largest absolute Gasteiger partial charge is 0.378 e. The van der Waals surface area contributed by atoms with Gasteiger partial charge in [-0.2, -0.15) is 0 Å². The van der Waals surface area contributed by atoms with Crippen LogP contribution in [0.2, 0.25) is 0 Å². The zero-order chi connectivity index (χ0) is 21.3. The molecule has 3 heterocycles. The average Bonchev–Trinajstić information content (AvgIpc) is 2.74. The number of nitrogens with zero attached hydrogens (tertiary/aromatic N) is 4. The Morgan fingerprint density at radius 2 is 1.87 bits per heavy atom. The lowest BCUT2D eigenvalue weighted by Crippen LogP contribution is -2.37. The molecule has 1 aromatic carbocycles. The van der Waals surface area contributed by atoms with Gasteiger partial charge in [0.1, 0.15) is 16.9 Å². The van der Waals surface area contributed by atoms with E-state index in [1.807, 2.05) is 17.9 Å². The molecule has 4 rings (SSSR count). The molecule has 2 aromatic heterocycles. The Morgan fingerprint density at radius 1 is 1.13 bits per heavy atom. The van der Waals surface area contributed by atoms with Crippen LogP contribution < -0.4 is 10.2 Å². The topological polar surface area (TPSA) is 63.2 Å². The monoisotopic (exact) mass is 417 g/mol. The number of aromatic nitrogens is 3. The summed E-state index contributed by atoms with van der Waals surface area (Å²) in [6, 6.07) is 5.29. The van der Waals surface area contributed by atoms with Crippen LogP contribution in [0.15, 0.2) is 30.5 Å². The number of benzene rings is 1. The van der Waals surface area contributed by atoms with Gasteiger partial charge in [0.2, 0.25) is 5.95 Å². The number of hydrogen-bond donors (Lipinski definition) is 1. The van der Waals surface area contributed by atoms with Crippen LogP contribution in [-0.2, 0) is 4.74 Å². The lowest BCUT2D eigenvalue weighted by molar-refractivity contribution is 0.122. The van der Waals surface area contributed by atoms with E-state index in [2.05, 4.69) is 20.3 Å². The van der Waals surface area contributed by atoms with Crippen LogP contribution in [0.25, 0.3) is 11.0 Å². The molecule has 3 aromatic rings. The number of ether oxygens (including phenoxy) is 1. The van der Waals surface area contributed by atoms with Gasteiger partial charge in [0.05, 0.1) is 36.7 Å². The maximum atomic E-state index is 14.6. The predicted molar refractivity (Wildman–Crippen MR) is 108 cm³/mol. The van der Waals surface area contributed by atoms with Crippen LogP contribution in [-0.4, -0.2) is 41.3 Å². The van der Waals surface area contributed by atoms with E-state index in [0.29, 0.717) is 49.0 Å². The molecule has 1 saturated heterocycles. The number of nitrogens with one attached hydrogen (secondary N) is 1. The lowest BCUT2D eigenvalue weighted by atomic mass is 10.0. The number of rotatable bonds is 5. The Morgan fingerprint density at radius 3 is 2.60 bits per heavy atom. The molecule has 1 atom stereocenters. The molecule has 158 valence electrons. The Kier molecular flexibility index (Phi) is 5.72. The number of fused-ring (bicyclic) bond motifs is 1. The molecule has 1 N–H and O–H groups in total. The van der Waals surface area contributed by atoms with Crippen molar-refractivity contribution in [3.8, 4) is 0 Å². The van der Waals surface area contributed by atoms with Crippen LogP contribution in [0.5, 0.6) is 0 Å². The second-order valence-electron chi connectivity index (χ2n) is 7.23. The summed E-state index contributed by atoms with van der Waals surface area (Å²) in [5.41, 5.74) is 2.13. The number of anilines is 2. The Labute approximate surface area is 172 Å². The fourth-order valence-corrected chi connectivity index (χ4v) is 3.55. The van der Waals surface area contributed by atoms with Crippen LogP contribution >= 0.6 is 0 Å². The molecule has 30 heavy (non-hydrogen) atoms. The molecule has 1 fully saturated rings. The minimum Gasteiger partial charge on any atom is -0.378 e. The second kappa shape index (κ2) is 8.43. The van der Waals surface area contributed by atoms with Crippen molar-refractivity contribution in [1.82, 2.24) is 15.0 Å². The van der Waals surface area contributed by atoms with E-state index >= 15 is 0 Å². The Hall–Kier alpha value is -2.94. The number of alkyl halides is 2. The van der Waals surface area contributed by atoms with E-state index in [9.17, 15) is 13.2 Å². The molecule has 0 spiro atoms. The molecule has 1 aliphatic heterocycles. The van der Waals surface area contributed by atoms with Gasteiger partial charge in [-0.1, -0.05) is 18.2 Å². The maximum Gasteiger partial charge on any atom is 0.266 e. The maximum absolute atomic E-state index is 14.6. The van der Waals surface area contributed by atoms with Gasteiger partial charge in [0.25, 0.3) is 6.43 Å². The first-order chi connectivity index (χ1) is 14.4. The second-order valence-corrected chi connectivity index (χ2v) is 7.23. The van der Waals surface area contributed by atoms with Crippen molar-refractivity contribution < 1.29 is 17.9 Å². The summed E-state index contributed by atoms with van der Waals surface area (Å²) in [7, 11) is 0. The standard InChI is InChI=1S/C21H22F3N5O/c1-12-10-16(27-13(2)14-4-3-5-15(18(14)22)20(23)24)19-17(26-12)11-25-21(28-19)29-6-8-30-9-7-29/h3-5,10-11,13,20H,6-9H2,1-2H3,(H,26,27)/t13-/m1/s1. The first-order valence-electron chi connectivity index (χ1n) is 9.74. The number of aryl methyl sites for hydroxylation is 1. The summed E-state index contributed by atoms with van der Waals surface area (Å²) < 4.78 is 46.1. The highest BCUT2D eigenvalue weighted by Crippen LogP contribution is 2.31. The summed E-state index contributed by atoms with van der Waals surface area (Å²) in [6.45, 7) is 6.15. The highest BCUT2D eigenvalue weighted by Gasteiger charge is 2.21. The van der Waals surface area contributed by atoms with Gasteiger partial charge in [0.15, 0.2) is 0 Å². The number of hydrogen-bond acceptors (Lipinski definition) is 6. The summed E-state index contributed by atoms with van der Waals surface area (Å²) in [5.74, 6) is -0.329. The zero-order valence-corrected chi connectivity index (χ0v) is 16.7. The Bertz CT molecular complexity index is 1060. The summed E-state index contributed by atoms with van der Waals surface area (Å²) in [4.78, 5) is 15.6. The molecule has 6 nitrogen and oxygen atoms in total. The molecular formula is C21H22F3N5O. The van der Waals surface area contributed by atoms with E-state index in [-0.39, 0.29) is 5.56 Å². The average molecular weight is 417 g/mol. The van der Waals surface area contributed by atoms with Crippen molar-refractivity contribution in [2.24, 2.45) is 0 Å². The summed E-state index contributed by atoms with van der Waals surface area (Å²) >= 11 is 0. The number of halogens is 3. The predicted octanol–water partition coefficient (Wildman–Crippen LogP) is 4.42. The third-order valence-electron chi connectivity index (χ3n) is 5.09. The smallest absolute Gasteiger partial charge is 0.266 e. The highest BCUT2D eigenvalue weighted by molar-refractivity contribution is 5.88. The first-order valence-corrected chi connectivity index (χ1v) is 9.74. The first kappa shape index (κ1) is 20.3. The van der Waals surface area contributed by atoms with Gasteiger partial charge in [-0.25, -0.2) is 28.1 Å². The third kappa shape index (κ3) is 4.02. The van der Waals surface area contributed by atoms with Crippen LogP contribution in [0.3, 0.4) is 0 Å². The molecule has 1 aliphatic rings. The Balaban J connectivity index is 1.70. The van der Waals surface area contributed by atoms with E-state index in [1.54, 1.807) is 13.1 Å². The summed E-state index contributed by atoms with van der Waals surface area (Å²) in [5, 5.41) is 3.22. The normalized spacial score (nSPS) is 15.6. The summed E-state index contributed by atoms with van der Waals surface area (Å²) in [6.07, 6.45) is -1.21. The number of morpholine rings is 1. The van der Waals surface area contributed by atoms with Gasteiger partial charge in [0, 0.05) is 24.3 Å². The SMILES string of the molecule is Cc1cc(N[C@H](C)c2cccc(C(F)F)c2F)c2nc(N3CCOCC3)ncc2n1. The van der Waals surface area contributed by atoms with Crippen LogP contribution in [0, 0.1) is 12.7 Å². The third-order valence-corrected chi connectivity index (χ3v) is 5.09. The van der Waals surface area contributed by atoms with E-state index in [4.69, 9.17) is 4.74 Å². The van der Waals surface area contributed by atoms with Crippen molar-refractivity contribution in [2.45, 2.75) is 26.3 Å². The minimum absolute atomic E-state index is 0.165. The fourth-order valence-electron chi connectivity index (χ4n) is 3.55. The van der Waals surface area contributed by atoms with Crippen LogP contribution in [0.1, 0.15) is 36.2 Å². The molecule has 0 saturated carbocycles. The fraction of sp³-hybridized carbons (Fsp3) is 0.381. The van der Waals surface area contributed by atoms with Gasteiger partial charge < -0.3 is 15.0 Å². The zero-order valence-electron chi connectivity index (χ0n) is 16.7. The minimum atomic E-state index is -2.87. The van der Waals surface area contributed by atoms with Gasteiger partial charge in [-0.05, 0) is 19.9 Å². The van der Waals surface area contributed by atoms with Gasteiger partial charge in [-0.3, -0.25) is 0 Å². The molecule has 0 bridgehead atoms. The van der Waals surface area contributed by atoms with Gasteiger partial charge >= 0.3 is 0 Å². The molecular weight excluding hydrogens is 395 g/mol. The van der Waals surface area contributed by atoms with Crippen molar-refractivity contribution in [3.05, 3.63) is 53.1 Å². The van der Waals surface area contributed by atoms with E-state index in [0.717, 1.165) is 11.8 Å². The molecule has 0 amide bonds. The highest BCUT2D eigenvalue weighted by atomic mass is 19.3. The van der Waals surface area contributed by atoms with Crippen molar-refractivity contribution in [3.63, 3.8) is 0 Å². The van der Waals surface area contributed by atoms with E-state index < -0.39 is 23.8 Å². The van der Waals surface area contributed by atoms with Crippen molar-refractivity contribution in [1.29, 1.82) is 0 Å². The molecule has 0 aliphatic carbocycles. The lowest BCUT2D eigenvalue weighted by Gasteiger charge is -2.27. The van der Waals surface area contributed by atoms with Gasteiger partial charge in [-0.15, -0.1) is 0 Å².